The summed E-state index contributed by atoms with van der Waals surface area (Å²) in [4.78, 5) is 25.9. The van der Waals surface area contributed by atoms with E-state index >= 15 is 0 Å². The number of hydrogen-bond donors (Lipinski definition) is 3. The molecule has 0 aliphatic rings. The Bertz CT molecular complexity index is 509. The van der Waals surface area contributed by atoms with Crippen LogP contribution in [0.4, 0.5) is 13.2 Å². The summed E-state index contributed by atoms with van der Waals surface area (Å²) in [5, 5.41) is 9.83. The summed E-state index contributed by atoms with van der Waals surface area (Å²) in [5.41, 5.74) is -1.18. The Morgan fingerprint density at radius 3 is 2.35 bits per heavy atom. The third-order valence-corrected chi connectivity index (χ3v) is 2.26. The predicted octanol–water partition coefficient (Wildman–Crippen LogP) is 0.354. The summed E-state index contributed by atoms with van der Waals surface area (Å²) in [6.45, 7) is 3.92. The zero-order chi connectivity index (χ0) is 15.6. The first-order chi connectivity index (χ1) is 9.02. The van der Waals surface area contributed by atoms with E-state index in [2.05, 4.69) is 25.8 Å². The van der Waals surface area contributed by atoms with Crippen molar-refractivity contribution < 1.29 is 22.8 Å². The largest absolute Gasteiger partial charge is 0.453 e. The number of carbonyl (C=O) groups is 2. The molecule has 0 spiro atoms. The lowest BCUT2D eigenvalue weighted by atomic mass is 10.0. The Kier molecular flexibility index (Phi) is 4.36. The minimum absolute atomic E-state index is 0.135. The fourth-order valence-electron chi connectivity index (χ4n) is 1.38. The van der Waals surface area contributed by atoms with Gasteiger partial charge in [-0.15, -0.1) is 5.10 Å². The molecule has 0 bridgehead atoms. The van der Waals surface area contributed by atoms with Gasteiger partial charge in [-0.25, -0.2) is 4.98 Å². The Balaban J connectivity index is 2.61. The molecule has 1 aromatic rings. The normalized spacial score (nSPS) is 12.1. The number of nitrogens with zero attached hydrogens (tertiary/aromatic N) is 2. The van der Waals surface area contributed by atoms with Gasteiger partial charge in [0.1, 0.15) is 11.4 Å². The van der Waals surface area contributed by atoms with Gasteiger partial charge in [-0.05, 0) is 13.8 Å². The van der Waals surface area contributed by atoms with Crippen LogP contribution < -0.4 is 10.6 Å². The number of amides is 2. The number of aromatic nitrogens is 3. The van der Waals surface area contributed by atoms with E-state index in [4.69, 9.17) is 0 Å². The quantitative estimate of drug-likeness (QED) is 0.746. The second-order valence-corrected chi connectivity index (χ2v) is 4.59. The van der Waals surface area contributed by atoms with Gasteiger partial charge in [0, 0.05) is 6.92 Å². The highest BCUT2D eigenvalue weighted by atomic mass is 19.4. The average molecular weight is 293 g/mol. The molecular formula is C10H14F3N5O2. The monoisotopic (exact) mass is 293 g/mol. The summed E-state index contributed by atoms with van der Waals surface area (Å²) in [6, 6.07) is 0. The molecule has 1 rings (SSSR count). The van der Waals surface area contributed by atoms with Crippen molar-refractivity contribution in [3.63, 3.8) is 0 Å². The van der Waals surface area contributed by atoms with Gasteiger partial charge >= 0.3 is 6.18 Å². The van der Waals surface area contributed by atoms with Crippen molar-refractivity contribution in [1.82, 2.24) is 25.8 Å². The Morgan fingerprint density at radius 2 is 1.90 bits per heavy atom. The maximum atomic E-state index is 12.3. The highest BCUT2D eigenvalue weighted by Gasteiger charge is 2.36. The zero-order valence-electron chi connectivity index (χ0n) is 11.1. The van der Waals surface area contributed by atoms with Gasteiger partial charge in [-0.3, -0.25) is 14.7 Å². The lowest BCUT2D eigenvalue weighted by Crippen LogP contribution is -2.54. The summed E-state index contributed by atoms with van der Waals surface area (Å²) in [5.74, 6) is -2.39. The lowest BCUT2D eigenvalue weighted by molar-refractivity contribution is -0.144. The second kappa shape index (κ2) is 5.47. The van der Waals surface area contributed by atoms with Crippen molar-refractivity contribution in [3.8, 4) is 0 Å². The van der Waals surface area contributed by atoms with Gasteiger partial charge < -0.3 is 10.6 Å². The van der Waals surface area contributed by atoms with E-state index in [-0.39, 0.29) is 12.4 Å². The molecule has 2 amide bonds. The molecule has 0 aliphatic heterocycles. The standard InChI is InChI=1S/C10H14F3N5O2/c1-5(19)16-9(2,3)8(20)14-4-6-15-7(18-17-6)10(11,12)13/h4H2,1-3H3,(H,14,20)(H,16,19)(H,15,17,18). The summed E-state index contributed by atoms with van der Waals surface area (Å²) in [7, 11) is 0. The Labute approximate surface area is 112 Å². The number of halogens is 3. The molecular weight excluding hydrogens is 279 g/mol. The van der Waals surface area contributed by atoms with Gasteiger partial charge in [0.25, 0.3) is 5.82 Å². The van der Waals surface area contributed by atoms with Crippen LogP contribution in [-0.4, -0.2) is 32.5 Å². The molecule has 0 unspecified atom stereocenters. The molecule has 1 aromatic heterocycles. The second-order valence-electron chi connectivity index (χ2n) is 4.59. The number of nitrogens with one attached hydrogen (secondary N) is 3. The average Bonchev–Trinajstić information content (AvgIpc) is 2.71. The molecule has 0 radical (unpaired) electrons. The first-order valence-electron chi connectivity index (χ1n) is 5.58. The number of carbonyl (C=O) groups excluding carboxylic acids is 2. The van der Waals surface area contributed by atoms with Crippen LogP contribution in [-0.2, 0) is 22.3 Å². The Morgan fingerprint density at radius 1 is 1.30 bits per heavy atom. The molecule has 10 heteroatoms. The SMILES string of the molecule is CC(=O)NC(C)(C)C(=O)NCc1nc(C(F)(F)F)n[nH]1. The van der Waals surface area contributed by atoms with E-state index in [9.17, 15) is 22.8 Å². The summed E-state index contributed by atoms with van der Waals surface area (Å²) >= 11 is 0. The van der Waals surface area contributed by atoms with Crippen LogP contribution in [0, 0.1) is 0 Å². The van der Waals surface area contributed by atoms with Gasteiger partial charge in [-0.2, -0.15) is 13.2 Å². The number of H-pyrrole nitrogens is 1. The van der Waals surface area contributed by atoms with Crippen LogP contribution >= 0.6 is 0 Å². The van der Waals surface area contributed by atoms with Crippen molar-refractivity contribution in [2.75, 3.05) is 0 Å². The number of aromatic amines is 1. The molecule has 7 nitrogen and oxygen atoms in total. The fraction of sp³-hybridized carbons (Fsp3) is 0.600. The highest BCUT2D eigenvalue weighted by Crippen LogP contribution is 2.25. The molecule has 0 saturated carbocycles. The minimum Gasteiger partial charge on any atom is -0.347 e. The zero-order valence-corrected chi connectivity index (χ0v) is 11.1. The lowest BCUT2D eigenvalue weighted by Gasteiger charge is -2.23. The van der Waals surface area contributed by atoms with Crippen molar-refractivity contribution in [1.29, 1.82) is 0 Å². The maximum Gasteiger partial charge on any atom is 0.453 e. The van der Waals surface area contributed by atoms with Gasteiger partial charge in [0.05, 0.1) is 6.54 Å². The molecule has 0 saturated heterocycles. The van der Waals surface area contributed by atoms with E-state index in [0.29, 0.717) is 0 Å². The molecule has 1 heterocycles. The molecule has 3 N–H and O–H groups in total. The van der Waals surface area contributed by atoms with Crippen LogP contribution in [0.1, 0.15) is 32.4 Å². The van der Waals surface area contributed by atoms with Gasteiger partial charge in [0.15, 0.2) is 0 Å². The number of hydrogen-bond acceptors (Lipinski definition) is 4. The Hall–Kier alpha value is -2.13. The van der Waals surface area contributed by atoms with E-state index in [1.807, 2.05) is 0 Å². The molecule has 112 valence electrons. The van der Waals surface area contributed by atoms with Gasteiger partial charge in [0.2, 0.25) is 11.8 Å². The number of alkyl halides is 3. The molecule has 0 atom stereocenters. The third kappa shape index (κ3) is 4.21. The van der Waals surface area contributed by atoms with Crippen molar-refractivity contribution in [2.45, 2.75) is 39.0 Å². The van der Waals surface area contributed by atoms with E-state index in [0.717, 1.165) is 0 Å². The van der Waals surface area contributed by atoms with Crippen LogP contribution in [0.2, 0.25) is 0 Å². The molecule has 0 aliphatic carbocycles. The topological polar surface area (TPSA) is 99.8 Å². The van der Waals surface area contributed by atoms with E-state index in [1.165, 1.54) is 20.8 Å². The molecule has 0 fully saturated rings. The summed E-state index contributed by atoms with van der Waals surface area (Å²) < 4.78 is 36.8. The van der Waals surface area contributed by atoms with Gasteiger partial charge in [-0.1, -0.05) is 0 Å². The first-order valence-corrected chi connectivity index (χ1v) is 5.58. The highest BCUT2D eigenvalue weighted by molar-refractivity contribution is 5.89. The molecule has 0 aromatic carbocycles. The third-order valence-electron chi connectivity index (χ3n) is 2.26. The van der Waals surface area contributed by atoms with E-state index in [1.54, 1.807) is 0 Å². The summed E-state index contributed by atoms with van der Waals surface area (Å²) in [6.07, 6.45) is -4.64. The predicted molar refractivity (Wildman–Crippen MR) is 61.1 cm³/mol. The first kappa shape index (κ1) is 15.9. The molecule has 20 heavy (non-hydrogen) atoms. The van der Waals surface area contributed by atoms with E-state index < -0.39 is 29.4 Å². The van der Waals surface area contributed by atoms with Crippen LogP contribution in [0.15, 0.2) is 0 Å². The van der Waals surface area contributed by atoms with Crippen LogP contribution in [0.3, 0.4) is 0 Å². The minimum atomic E-state index is -4.64. The smallest absolute Gasteiger partial charge is 0.347 e. The van der Waals surface area contributed by atoms with Crippen LogP contribution in [0.5, 0.6) is 0 Å². The maximum absolute atomic E-state index is 12.3. The van der Waals surface area contributed by atoms with Crippen molar-refractivity contribution >= 4 is 11.8 Å². The van der Waals surface area contributed by atoms with Crippen molar-refractivity contribution in [3.05, 3.63) is 11.6 Å². The number of rotatable bonds is 4. The fourth-order valence-corrected chi connectivity index (χ4v) is 1.38. The van der Waals surface area contributed by atoms with Crippen molar-refractivity contribution in [2.24, 2.45) is 0 Å². The van der Waals surface area contributed by atoms with Crippen LogP contribution in [0.25, 0.3) is 0 Å².